The summed E-state index contributed by atoms with van der Waals surface area (Å²) in [6, 6.07) is 12.1. The fourth-order valence-electron chi connectivity index (χ4n) is 2.46. The fraction of sp³-hybridized carbons (Fsp3) is 0.294. The summed E-state index contributed by atoms with van der Waals surface area (Å²) in [4.78, 5) is 0. The molecule has 0 bridgehead atoms. The highest BCUT2D eigenvalue weighted by Crippen LogP contribution is 2.31. The van der Waals surface area contributed by atoms with Gasteiger partial charge in [-0.1, -0.05) is 34.1 Å². The van der Waals surface area contributed by atoms with Gasteiger partial charge in [0.05, 0.1) is 13.2 Å². The lowest BCUT2D eigenvalue weighted by Crippen LogP contribution is -2.37. The lowest BCUT2D eigenvalue weighted by Gasteiger charge is -2.31. The molecular formula is C17H18BrFO2. The summed E-state index contributed by atoms with van der Waals surface area (Å²) in [6.45, 7) is 1.47. The second kappa shape index (κ2) is 6.69. The Labute approximate surface area is 132 Å². The maximum atomic E-state index is 13.5. The molecule has 21 heavy (non-hydrogen) atoms. The largest absolute Gasteiger partial charge is 0.395 e. The van der Waals surface area contributed by atoms with E-state index in [1.165, 1.54) is 12.1 Å². The van der Waals surface area contributed by atoms with Crippen molar-refractivity contribution in [2.24, 2.45) is 0 Å². The van der Waals surface area contributed by atoms with E-state index in [0.29, 0.717) is 6.42 Å². The van der Waals surface area contributed by atoms with E-state index in [4.69, 9.17) is 0 Å². The van der Waals surface area contributed by atoms with E-state index < -0.39 is 5.41 Å². The van der Waals surface area contributed by atoms with Crippen LogP contribution in [0.1, 0.15) is 16.7 Å². The van der Waals surface area contributed by atoms with Crippen molar-refractivity contribution >= 4 is 15.9 Å². The Morgan fingerprint density at radius 2 is 1.81 bits per heavy atom. The van der Waals surface area contributed by atoms with Crippen LogP contribution in [0.25, 0.3) is 0 Å². The summed E-state index contributed by atoms with van der Waals surface area (Å²) >= 11 is 3.40. The van der Waals surface area contributed by atoms with Crippen molar-refractivity contribution in [3.8, 4) is 0 Å². The minimum Gasteiger partial charge on any atom is -0.395 e. The van der Waals surface area contributed by atoms with Gasteiger partial charge in [0, 0.05) is 9.89 Å². The van der Waals surface area contributed by atoms with Crippen LogP contribution in [-0.2, 0) is 11.8 Å². The monoisotopic (exact) mass is 352 g/mol. The molecule has 2 aromatic rings. The third-order valence-electron chi connectivity index (χ3n) is 3.88. The van der Waals surface area contributed by atoms with Gasteiger partial charge in [-0.25, -0.2) is 4.39 Å². The number of halogens is 2. The fourth-order valence-corrected chi connectivity index (χ4v) is 2.86. The Morgan fingerprint density at radius 1 is 1.10 bits per heavy atom. The van der Waals surface area contributed by atoms with E-state index in [-0.39, 0.29) is 19.0 Å². The Balaban J connectivity index is 2.45. The van der Waals surface area contributed by atoms with E-state index in [2.05, 4.69) is 15.9 Å². The van der Waals surface area contributed by atoms with Crippen LogP contribution in [-0.4, -0.2) is 23.4 Å². The third kappa shape index (κ3) is 3.51. The predicted octanol–water partition coefficient (Wildman–Crippen LogP) is 3.36. The predicted molar refractivity (Wildman–Crippen MR) is 84.8 cm³/mol. The second-order valence-electron chi connectivity index (χ2n) is 5.35. The van der Waals surface area contributed by atoms with Crippen LogP contribution < -0.4 is 0 Å². The van der Waals surface area contributed by atoms with Gasteiger partial charge in [0.1, 0.15) is 5.82 Å². The molecule has 112 valence electrons. The molecule has 0 saturated carbocycles. The first-order chi connectivity index (χ1) is 10.0. The summed E-state index contributed by atoms with van der Waals surface area (Å²) in [6.07, 6.45) is 0.375. The van der Waals surface area contributed by atoms with E-state index >= 15 is 0 Å². The summed E-state index contributed by atoms with van der Waals surface area (Å²) in [5.41, 5.74) is 1.73. The van der Waals surface area contributed by atoms with E-state index in [1.54, 1.807) is 6.07 Å². The third-order valence-corrected chi connectivity index (χ3v) is 4.38. The molecule has 0 aliphatic heterocycles. The standard InChI is InChI=1S/C17H18BrFO2/c1-12-5-6-16(19)7-13(12)9-17(10-20,11-21)14-3-2-4-15(18)8-14/h2-8,20-21H,9-11H2,1H3. The summed E-state index contributed by atoms with van der Waals surface area (Å²) < 4.78 is 14.3. The van der Waals surface area contributed by atoms with E-state index in [9.17, 15) is 14.6 Å². The number of hydrogen-bond acceptors (Lipinski definition) is 2. The van der Waals surface area contributed by atoms with Crippen LogP contribution in [0, 0.1) is 12.7 Å². The van der Waals surface area contributed by atoms with Gasteiger partial charge in [-0.2, -0.15) is 0 Å². The van der Waals surface area contributed by atoms with Crippen LogP contribution in [0.3, 0.4) is 0 Å². The van der Waals surface area contributed by atoms with E-state index in [1.807, 2.05) is 31.2 Å². The van der Waals surface area contributed by atoms with Gasteiger partial charge in [-0.05, 0) is 54.3 Å². The average molecular weight is 353 g/mol. The molecule has 0 fully saturated rings. The zero-order valence-corrected chi connectivity index (χ0v) is 13.4. The Morgan fingerprint density at radius 3 is 2.43 bits per heavy atom. The van der Waals surface area contributed by atoms with Gasteiger partial charge >= 0.3 is 0 Å². The molecule has 0 unspecified atom stereocenters. The Kier molecular flexibility index (Phi) is 5.14. The van der Waals surface area contributed by atoms with E-state index in [0.717, 1.165) is 21.2 Å². The summed E-state index contributed by atoms with van der Waals surface area (Å²) in [7, 11) is 0. The quantitative estimate of drug-likeness (QED) is 0.866. The minimum atomic E-state index is -0.831. The molecular weight excluding hydrogens is 335 g/mol. The minimum absolute atomic E-state index is 0.212. The molecule has 0 saturated heterocycles. The zero-order chi connectivity index (χ0) is 15.5. The number of aryl methyl sites for hydroxylation is 1. The highest BCUT2D eigenvalue weighted by molar-refractivity contribution is 9.10. The molecule has 4 heteroatoms. The topological polar surface area (TPSA) is 40.5 Å². The van der Waals surface area contributed by atoms with Crippen molar-refractivity contribution in [3.05, 3.63) is 69.4 Å². The zero-order valence-electron chi connectivity index (χ0n) is 11.8. The van der Waals surface area contributed by atoms with Crippen LogP contribution in [0.2, 0.25) is 0 Å². The Bertz CT molecular complexity index is 624. The molecule has 0 aliphatic carbocycles. The molecule has 0 amide bonds. The number of rotatable bonds is 5. The van der Waals surface area contributed by atoms with Gasteiger partial charge in [-0.3, -0.25) is 0 Å². The number of aliphatic hydroxyl groups is 2. The first kappa shape index (κ1) is 16.1. The molecule has 0 aromatic heterocycles. The maximum Gasteiger partial charge on any atom is 0.123 e. The first-order valence-electron chi connectivity index (χ1n) is 6.73. The molecule has 0 atom stereocenters. The van der Waals surface area contributed by atoms with Crippen LogP contribution in [0.4, 0.5) is 4.39 Å². The van der Waals surface area contributed by atoms with Crippen molar-refractivity contribution < 1.29 is 14.6 Å². The van der Waals surface area contributed by atoms with Gasteiger partial charge in [-0.15, -0.1) is 0 Å². The molecule has 2 aromatic carbocycles. The lowest BCUT2D eigenvalue weighted by atomic mass is 9.76. The number of hydrogen-bond donors (Lipinski definition) is 2. The first-order valence-corrected chi connectivity index (χ1v) is 7.53. The molecule has 0 aliphatic rings. The highest BCUT2D eigenvalue weighted by Gasteiger charge is 2.32. The molecule has 0 heterocycles. The average Bonchev–Trinajstić information content (AvgIpc) is 2.48. The van der Waals surface area contributed by atoms with Gasteiger partial charge in [0.25, 0.3) is 0 Å². The van der Waals surface area contributed by atoms with Crippen molar-refractivity contribution in [1.29, 1.82) is 0 Å². The van der Waals surface area contributed by atoms with Crippen molar-refractivity contribution in [1.82, 2.24) is 0 Å². The molecule has 2 rings (SSSR count). The second-order valence-corrected chi connectivity index (χ2v) is 6.27. The van der Waals surface area contributed by atoms with Crippen molar-refractivity contribution in [2.45, 2.75) is 18.8 Å². The normalized spacial score (nSPS) is 11.7. The maximum absolute atomic E-state index is 13.5. The SMILES string of the molecule is Cc1ccc(F)cc1CC(CO)(CO)c1cccc(Br)c1. The highest BCUT2D eigenvalue weighted by atomic mass is 79.9. The van der Waals surface area contributed by atoms with Crippen LogP contribution in [0.5, 0.6) is 0 Å². The van der Waals surface area contributed by atoms with Crippen molar-refractivity contribution in [3.63, 3.8) is 0 Å². The van der Waals surface area contributed by atoms with Crippen LogP contribution >= 0.6 is 15.9 Å². The summed E-state index contributed by atoms with van der Waals surface area (Å²) in [5.74, 6) is -0.311. The van der Waals surface area contributed by atoms with Gasteiger partial charge in [0.2, 0.25) is 0 Å². The summed E-state index contributed by atoms with van der Waals surface area (Å²) in [5, 5.41) is 19.7. The molecule has 0 spiro atoms. The van der Waals surface area contributed by atoms with Crippen molar-refractivity contribution in [2.75, 3.05) is 13.2 Å². The number of benzene rings is 2. The van der Waals surface area contributed by atoms with Gasteiger partial charge < -0.3 is 10.2 Å². The lowest BCUT2D eigenvalue weighted by molar-refractivity contribution is 0.116. The molecule has 0 radical (unpaired) electrons. The Hall–Kier alpha value is -1.23. The molecule has 2 nitrogen and oxygen atoms in total. The molecule has 2 N–H and O–H groups in total. The smallest absolute Gasteiger partial charge is 0.123 e. The number of aliphatic hydroxyl groups excluding tert-OH is 2. The van der Waals surface area contributed by atoms with Crippen LogP contribution in [0.15, 0.2) is 46.9 Å². The van der Waals surface area contributed by atoms with Gasteiger partial charge in [0.15, 0.2) is 0 Å².